The molecule has 26 heavy (non-hydrogen) atoms. The van der Waals surface area contributed by atoms with Gasteiger partial charge in [-0.25, -0.2) is 0 Å². The molecular weight excluding hydrogens is 386 g/mol. The lowest BCUT2D eigenvalue weighted by Crippen LogP contribution is -1.87. The van der Waals surface area contributed by atoms with Gasteiger partial charge >= 0.3 is 0 Å². The van der Waals surface area contributed by atoms with Crippen LogP contribution in [0, 0.1) is 0 Å². The standard InChI is InChI=1S/C23H14BrNO/c24-20-14-25-21(13-18(20)15-6-2-1-3-7-15)16-10-11-23-19(12-16)17-8-4-5-9-22(17)26-23/h1-14H. The first-order chi connectivity index (χ1) is 12.8. The van der Waals surface area contributed by atoms with Gasteiger partial charge in [0.15, 0.2) is 0 Å². The first kappa shape index (κ1) is 15.4. The Bertz CT molecular complexity index is 1240. The second-order valence-corrected chi connectivity index (χ2v) is 7.08. The fourth-order valence-electron chi connectivity index (χ4n) is 3.32. The van der Waals surface area contributed by atoms with E-state index < -0.39 is 0 Å². The Hall–Kier alpha value is -2.91. The van der Waals surface area contributed by atoms with Gasteiger partial charge in [-0.05, 0) is 57.4 Å². The second-order valence-electron chi connectivity index (χ2n) is 6.22. The molecule has 0 N–H and O–H groups in total. The Morgan fingerprint density at radius 1 is 0.692 bits per heavy atom. The molecule has 124 valence electrons. The van der Waals surface area contributed by atoms with Crippen molar-refractivity contribution in [3.8, 4) is 22.4 Å². The number of pyridine rings is 1. The van der Waals surface area contributed by atoms with Crippen LogP contribution in [0.5, 0.6) is 0 Å². The number of fused-ring (bicyclic) bond motifs is 3. The zero-order valence-corrected chi connectivity index (χ0v) is 15.4. The third-order valence-corrected chi connectivity index (χ3v) is 5.24. The summed E-state index contributed by atoms with van der Waals surface area (Å²) in [4.78, 5) is 4.63. The van der Waals surface area contributed by atoms with Gasteiger partial charge in [0.2, 0.25) is 0 Å². The van der Waals surface area contributed by atoms with Crippen LogP contribution in [0.1, 0.15) is 0 Å². The quantitative estimate of drug-likeness (QED) is 0.317. The summed E-state index contributed by atoms with van der Waals surface area (Å²) in [7, 11) is 0. The summed E-state index contributed by atoms with van der Waals surface area (Å²) in [5.74, 6) is 0. The summed E-state index contributed by atoms with van der Waals surface area (Å²) in [5.41, 5.74) is 6.13. The van der Waals surface area contributed by atoms with Gasteiger partial charge in [0.05, 0.1) is 5.69 Å². The normalized spacial score (nSPS) is 11.3. The van der Waals surface area contributed by atoms with Gasteiger partial charge in [-0.15, -0.1) is 0 Å². The van der Waals surface area contributed by atoms with E-state index in [2.05, 4.69) is 57.3 Å². The molecule has 0 saturated carbocycles. The summed E-state index contributed by atoms with van der Waals surface area (Å²) < 4.78 is 6.92. The van der Waals surface area contributed by atoms with E-state index in [1.54, 1.807) is 0 Å². The summed E-state index contributed by atoms with van der Waals surface area (Å²) in [6, 6.07) is 26.8. The minimum atomic E-state index is 0.898. The van der Waals surface area contributed by atoms with Crippen molar-refractivity contribution in [2.24, 2.45) is 0 Å². The fraction of sp³-hybridized carbons (Fsp3) is 0. The van der Waals surface area contributed by atoms with Crippen molar-refractivity contribution in [2.45, 2.75) is 0 Å². The Balaban J connectivity index is 1.69. The molecule has 5 aromatic rings. The first-order valence-electron chi connectivity index (χ1n) is 8.42. The Morgan fingerprint density at radius 3 is 2.35 bits per heavy atom. The van der Waals surface area contributed by atoms with E-state index in [1.165, 1.54) is 0 Å². The molecule has 2 nitrogen and oxygen atoms in total. The molecule has 0 bridgehead atoms. The summed E-state index contributed by atoms with van der Waals surface area (Å²) in [5, 5.41) is 2.24. The molecule has 0 aliphatic rings. The zero-order chi connectivity index (χ0) is 17.5. The minimum absolute atomic E-state index is 0.898. The molecule has 5 rings (SSSR count). The number of hydrogen-bond donors (Lipinski definition) is 0. The average molecular weight is 400 g/mol. The van der Waals surface area contributed by atoms with E-state index in [9.17, 15) is 0 Å². The molecule has 0 saturated heterocycles. The van der Waals surface area contributed by atoms with Gasteiger partial charge in [0.25, 0.3) is 0 Å². The van der Waals surface area contributed by atoms with Crippen LogP contribution in [0.3, 0.4) is 0 Å². The van der Waals surface area contributed by atoms with Crippen LogP contribution >= 0.6 is 15.9 Å². The largest absolute Gasteiger partial charge is 0.456 e. The van der Waals surface area contributed by atoms with E-state index in [4.69, 9.17) is 4.42 Å². The van der Waals surface area contributed by atoms with E-state index in [0.29, 0.717) is 0 Å². The van der Waals surface area contributed by atoms with Crippen molar-refractivity contribution in [1.82, 2.24) is 4.98 Å². The molecule has 3 aromatic carbocycles. The van der Waals surface area contributed by atoms with Gasteiger partial charge < -0.3 is 4.42 Å². The maximum absolute atomic E-state index is 5.93. The number of rotatable bonds is 2. The van der Waals surface area contributed by atoms with Crippen molar-refractivity contribution < 1.29 is 4.42 Å². The molecule has 3 heteroatoms. The number of furan rings is 1. The van der Waals surface area contributed by atoms with E-state index in [-0.39, 0.29) is 0 Å². The van der Waals surface area contributed by atoms with E-state index >= 15 is 0 Å². The number of aromatic nitrogens is 1. The van der Waals surface area contributed by atoms with Crippen molar-refractivity contribution in [2.75, 3.05) is 0 Å². The lowest BCUT2D eigenvalue weighted by Gasteiger charge is -2.08. The SMILES string of the molecule is Brc1cnc(-c2ccc3oc4ccccc4c3c2)cc1-c1ccccc1. The third kappa shape index (κ3) is 2.52. The predicted molar refractivity (Wildman–Crippen MR) is 110 cm³/mol. The second kappa shape index (κ2) is 6.11. The van der Waals surface area contributed by atoms with Gasteiger partial charge in [-0.1, -0.05) is 48.5 Å². The predicted octanol–water partition coefficient (Wildman–Crippen LogP) is 7.08. The van der Waals surface area contributed by atoms with Crippen molar-refractivity contribution >= 4 is 37.9 Å². The molecule has 0 spiro atoms. The number of nitrogens with zero attached hydrogens (tertiary/aromatic N) is 1. The summed E-state index contributed by atoms with van der Waals surface area (Å²) >= 11 is 3.63. The Kier molecular flexibility index (Phi) is 3.61. The first-order valence-corrected chi connectivity index (χ1v) is 9.21. The van der Waals surface area contributed by atoms with Gasteiger partial charge in [0.1, 0.15) is 11.2 Å². The molecule has 2 heterocycles. The van der Waals surface area contributed by atoms with Crippen LogP contribution in [0.2, 0.25) is 0 Å². The number of para-hydroxylation sites is 1. The molecular formula is C23H14BrNO. The van der Waals surface area contributed by atoms with Crippen molar-refractivity contribution in [3.05, 3.63) is 89.5 Å². The smallest absolute Gasteiger partial charge is 0.135 e. The highest BCUT2D eigenvalue weighted by molar-refractivity contribution is 9.10. The van der Waals surface area contributed by atoms with E-state index in [1.807, 2.05) is 48.7 Å². The van der Waals surface area contributed by atoms with Crippen LogP contribution in [0.25, 0.3) is 44.3 Å². The summed E-state index contributed by atoms with van der Waals surface area (Å²) in [6.45, 7) is 0. The summed E-state index contributed by atoms with van der Waals surface area (Å²) in [6.07, 6.45) is 1.87. The molecule has 0 radical (unpaired) electrons. The Morgan fingerprint density at radius 2 is 1.46 bits per heavy atom. The molecule has 0 fully saturated rings. The highest BCUT2D eigenvalue weighted by Crippen LogP contribution is 2.34. The van der Waals surface area contributed by atoms with Gasteiger partial charge in [0, 0.05) is 27.0 Å². The van der Waals surface area contributed by atoms with Gasteiger partial charge in [-0.3, -0.25) is 4.98 Å². The Labute approximate surface area is 159 Å². The molecule has 2 aromatic heterocycles. The highest BCUT2D eigenvalue weighted by atomic mass is 79.9. The van der Waals surface area contributed by atoms with Crippen molar-refractivity contribution in [1.29, 1.82) is 0 Å². The maximum atomic E-state index is 5.93. The lowest BCUT2D eigenvalue weighted by atomic mass is 10.0. The topological polar surface area (TPSA) is 26.0 Å². The van der Waals surface area contributed by atoms with Crippen LogP contribution in [0.4, 0.5) is 0 Å². The molecule has 0 aliphatic carbocycles. The zero-order valence-electron chi connectivity index (χ0n) is 13.8. The molecule has 0 aliphatic heterocycles. The molecule has 0 amide bonds. The maximum Gasteiger partial charge on any atom is 0.135 e. The van der Waals surface area contributed by atoms with Gasteiger partial charge in [-0.2, -0.15) is 0 Å². The van der Waals surface area contributed by atoms with Crippen LogP contribution in [-0.2, 0) is 0 Å². The average Bonchev–Trinajstić information content (AvgIpc) is 3.07. The highest BCUT2D eigenvalue weighted by Gasteiger charge is 2.11. The van der Waals surface area contributed by atoms with E-state index in [0.717, 1.165) is 48.8 Å². The van der Waals surface area contributed by atoms with Crippen LogP contribution in [-0.4, -0.2) is 4.98 Å². The fourth-order valence-corrected chi connectivity index (χ4v) is 3.77. The monoisotopic (exact) mass is 399 g/mol. The van der Waals surface area contributed by atoms with Crippen LogP contribution in [0.15, 0.2) is 93.9 Å². The van der Waals surface area contributed by atoms with Crippen LogP contribution < -0.4 is 0 Å². The molecule has 0 atom stereocenters. The minimum Gasteiger partial charge on any atom is -0.456 e. The number of benzene rings is 3. The number of hydrogen-bond acceptors (Lipinski definition) is 2. The van der Waals surface area contributed by atoms with Crippen molar-refractivity contribution in [3.63, 3.8) is 0 Å². The lowest BCUT2D eigenvalue weighted by molar-refractivity contribution is 0.669. The number of halogens is 1. The molecule has 0 unspecified atom stereocenters. The third-order valence-electron chi connectivity index (χ3n) is 4.61.